The van der Waals surface area contributed by atoms with Gasteiger partial charge < -0.3 is 10.2 Å². The topological polar surface area (TPSA) is 15.3 Å². The van der Waals surface area contributed by atoms with Crippen molar-refractivity contribution in [2.75, 3.05) is 24.5 Å². The molecule has 1 aliphatic rings. The SMILES string of the molecule is Cc1ccc(F)cc1N1CCCNC(C)CC1. The number of nitrogens with one attached hydrogen (secondary N) is 1. The summed E-state index contributed by atoms with van der Waals surface area (Å²) in [6.45, 7) is 7.31. The first-order valence-corrected chi connectivity index (χ1v) is 6.41. The van der Waals surface area contributed by atoms with Gasteiger partial charge in [0.05, 0.1) is 0 Å². The fraction of sp³-hybridized carbons (Fsp3) is 0.571. The van der Waals surface area contributed by atoms with Crippen LogP contribution in [0.1, 0.15) is 25.3 Å². The molecule has 1 saturated heterocycles. The maximum Gasteiger partial charge on any atom is 0.125 e. The van der Waals surface area contributed by atoms with Crippen LogP contribution in [0.5, 0.6) is 0 Å². The van der Waals surface area contributed by atoms with E-state index in [1.807, 2.05) is 6.07 Å². The summed E-state index contributed by atoms with van der Waals surface area (Å²) in [7, 11) is 0. The molecule has 2 nitrogen and oxygen atoms in total. The molecule has 1 heterocycles. The minimum absolute atomic E-state index is 0.140. The molecule has 0 amide bonds. The highest BCUT2D eigenvalue weighted by molar-refractivity contribution is 5.53. The molecule has 2 rings (SSSR count). The zero-order chi connectivity index (χ0) is 12.3. The fourth-order valence-electron chi connectivity index (χ4n) is 2.35. The molecular weight excluding hydrogens is 215 g/mol. The second-order valence-electron chi connectivity index (χ2n) is 4.92. The summed E-state index contributed by atoms with van der Waals surface area (Å²) in [6, 6.07) is 5.61. The third kappa shape index (κ3) is 3.19. The predicted octanol–water partition coefficient (Wildman–Crippen LogP) is 2.71. The Balaban J connectivity index is 2.16. The van der Waals surface area contributed by atoms with Crippen LogP contribution < -0.4 is 10.2 Å². The van der Waals surface area contributed by atoms with E-state index in [9.17, 15) is 4.39 Å². The summed E-state index contributed by atoms with van der Waals surface area (Å²) >= 11 is 0. The van der Waals surface area contributed by atoms with Crippen molar-refractivity contribution in [3.05, 3.63) is 29.6 Å². The van der Waals surface area contributed by atoms with Gasteiger partial charge in [0, 0.05) is 24.8 Å². The van der Waals surface area contributed by atoms with Gasteiger partial charge in [0.1, 0.15) is 5.82 Å². The smallest absolute Gasteiger partial charge is 0.125 e. The summed E-state index contributed by atoms with van der Waals surface area (Å²) in [5, 5.41) is 3.48. The lowest BCUT2D eigenvalue weighted by atomic mass is 10.1. The second-order valence-corrected chi connectivity index (χ2v) is 4.92. The van der Waals surface area contributed by atoms with Gasteiger partial charge in [-0.25, -0.2) is 4.39 Å². The third-order valence-corrected chi connectivity index (χ3v) is 3.44. The Kier molecular flexibility index (Phi) is 4.00. The molecule has 1 fully saturated rings. The Morgan fingerprint density at radius 3 is 3.00 bits per heavy atom. The molecule has 0 aliphatic carbocycles. The number of nitrogens with zero attached hydrogens (tertiary/aromatic N) is 1. The van der Waals surface area contributed by atoms with E-state index >= 15 is 0 Å². The summed E-state index contributed by atoms with van der Waals surface area (Å²) in [5.74, 6) is -0.140. The number of anilines is 1. The molecule has 0 spiro atoms. The van der Waals surface area contributed by atoms with E-state index in [2.05, 4.69) is 24.1 Å². The van der Waals surface area contributed by atoms with E-state index in [1.165, 1.54) is 6.07 Å². The zero-order valence-corrected chi connectivity index (χ0v) is 10.7. The van der Waals surface area contributed by atoms with E-state index in [0.717, 1.165) is 43.7 Å². The molecule has 0 aromatic heterocycles. The van der Waals surface area contributed by atoms with Gasteiger partial charge in [-0.3, -0.25) is 0 Å². The Labute approximate surface area is 103 Å². The van der Waals surface area contributed by atoms with Gasteiger partial charge in [-0.1, -0.05) is 6.07 Å². The summed E-state index contributed by atoms with van der Waals surface area (Å²) in [5.41, 5.74) is 2.21. The first-order valence-electron chi connectivity index (χ1n) is 6.41. The Bertz CT molecular complexity index is 378. The van der Waals surface area contributed by atoms with E-state index in [-0.39, 0.29) is 5.82 Å². The lowest BCUT2D eigenvalue weighted by Crippen LogP contribution is -2.38. The normalized spacial score (nSPS) is 22.1. The van der Waals surface area contributed by atoms with Gasteiger partial charge in [0.15, 0.2) is 0 Å². The molecule has 1 aliphatic heterocycles. The third-order valence-electron chi connectivity index (χ3n) is 3.44. The average Bonchev–Trinajstić information content (AvgIpc) is 2.28. The highest BCUT2D eigenvalue weighted by Crippen LogP contribution is 2.22. The molecule has 0 radical (unpaired) electrons. The van der Waals surface area contributed by atoms with Crippen LogP contribution in [-0.4, -0.2) is 25.7 Å². The Morgan fingerprint density at radius 2 is 2.18 bits per heavy atom. The number of hydrogen-bond acceptors (Lipinski definition) is 2. The first-order chi connectivity index (χ1) is 8.16. The number of aryl methyl sites for hydroxylation is 1. The van der Waals surface area contributed by atoms with Crippen molar-refractivity contribution in [1.82, 2.24) is 5.32 Å². The number of rotatable bonds is 1. The van der Waals surface area contributed by atoms with Crippen LogP contribution >= 0.6 is 0 Å². The Hall–Kier alpha value is -1.09. The second kappa shape index (κ2) is 5.50. The molecule has 17 heavy (non-hydrogen) atoms. The van der Waals surface area contributed by atoms with Gasteiger partial charge in [-0.15, -0.1) is 0 Å². The van der Waals surface area contributed by atoms with Crippen molar-refractivity contribution in [3.8, 4) is 0 Å². The molecule has 1 unspecified atom stereocenters. The van der Waals surface area contributed by atoms with Gasteiger partial charge >= 0.3 is 0 Å². The predicted molar refractivity (Wildman–Crippen MR) is 70.0 cm³/mol. The van der Waals surface area contributed by atoms with Crippen LogP contribution in [0, 0.1) is 12.7 Å². The largest absolute Gasteiger partial charge is 0.371 e. The van der Waals surface area contributed by atoms with Crippen molar-refractivity contribution < 1.29 is 4.39 Å². The van der Waals surface area contributed by atoms with Crippen molar-refractivity contribution >= 4 is 5.69 Å². The van der Waals surface area contributed by atoms with Crippen molar-refractivity contribution in [3.63, 3.8) is 0 Å². The van der Waals surface area contributed by atoms with Gasteiger partial charge in [-0.2, -0.15) is 0 Å². The lowest BCUT2D eigenvalue weighted by Gasteiger charge is -2.30. The van der Waals surface area contributed by atoms with Crippen LogP contribution in [0.4, 0.5) is 10.1 Å². The van der Waals surface area contributed by atoms with Gasteiger partial charge in [0.25, 0.3) is 0 Å². The lowest BCUT2D eigenvalue weighted by molar-refractivity contribution is 0.474. The van der Waals surface area contributed by atoms with Gasteiger partial charge in [-0.05, 0) is 50.9 Å². The monoisotopic (exact) mass is 236 g/mol. The van der Waals surface area contributed by atoms with E-state index in [0.29, 0.717) is 6.04 Å². The first kappa shape index (κ1) is 12.4. The van der Waals surface area contributed by atoms with Crippen LogP contribution in [0.2, 0.25) is 0 Å². The Morgan fingerprint density at radius 1 is 1.35 bits per heavy atom. The molecule has 1 atom stereocenters. The minimum atomic E-state index is -0.140. The number of halogens is 1. The molecule has 1 aromatic rings. The summed E-state index contributed by atoms with van der Waals surface area (Å²) in [4.78, 5) is 2.32. The molecule has 0 saturated carbocycles. The summed E-state index contributed by atoms with van der Waals surface area (Å²) < 4.78 is 13.3. The average molecular weight is 236 g/mol. The van der Waals surface area contributed by atoms with E-state index < -0.39 is 0 Å². The van der Waals surface area contributed by atoms with Crippen LogP contribution in [0.3, 0.4) is 0 Å². The molecule has 1 aromatic carbocycles. The van der Waals surface area contributed by atoms with Crippen molar-refractivity contribution in [2.45, 2.75) is 32.7 Å². The van der Waals surface area contributed by atoms with Gasteiger partial charge in [0.2, 0.25) is 0 Å². The molecular formula is C14H21FN2. The fourth-order valence-corrected chi connectivity index (χ4v) is 2.35. The molecule has 0 bridgehead atoms. The molecule has 1 N–H and O–H groups in total. The number of benzene rings is 1. The highest BCUT2D eigenvalue weighted by Gasteiger charge is 2.14. The summed E-state index contributed by atoms with van der Waals surface area (Å²) in [6.07, 6.45) is 2.22. The highest BCUT2D eigenvalue weighted by atomic mass is 19.1. The number of hydrogen-bond donors (Lipinski definition) is 1. The van der Waals surface area contributed by atoms with E-state index in [1.54, 1.807) is 6.07 Å². The van der Waals surface area contributed by atoms with E-state index in [4.69, 9.17) is 0 Å². The zero-order valence-electron chi connectivity index (χ0n) is 10.7. The molecule has 94 valence electrons. The van der Waals surface area contributed by atoms with Crippen molar-refractivity contribution in [1.29, 1.82) is 0 Å². The maximum absolute atomic E-state index is 13.3. The standard InChI is InChI=1S/C14H21FN2/c1-11-4-5-13(15)10-14(11)17-8-3-7-16-12(2)6-9-17/h4-5,10,12,16H,3,6-9H2,1-2H3. The van der Waals surface area contributed by atoms with Crippen LogP contribution in [0.15, 0.2) is 18.2 Å². The quantitative estimate of drug-likeness (QED) is 0.806. The maximum atomic E-state index is 13.3. The minimum Gasteiger partial charge on any atom is -0.371 e. The van der Waals surface area contributed by atoms with Crippen molar-refractivity contribution in [2.24, 2.45) is 0 Å². The van der Waals surface area contributed by atoms with Crippen LogP contribution in [0.25, 0.3) is 0 Å². The molecule has 3 heteroatoms. The van der Waals surface area contributed by atoms with Crippen LogP contribution in [-0.2, 0) is 0 Å².